The number of rotatable bonds is 2. The Kier molecular flexibility index (Phi) is 4.20. The van der Waals surface area contributed by atoms with Gasteiger partial charge in [-0.05, 0) is 30.9 Å². The minimum absolute atomic E-state index is 0.122. The van der Waals surface area contributed by atoms with Crippen molar-refractivity contribution in [3.05, 3.63) is 29.8 Å². The molecule has 6 nitrogen and oxygen atoms in total. The van der Waals surface area contributed by atoms with Crippen LogP contribution in [-0.4, -0.2) is 55.3 Å². The number of likely N-dealkylation sites (tertiary alicyclic amines) is 1. The fourth-order valence-corrected chi connectivity index (χ4v) is 4.79. The summed E-state index contributed by atoms with van der Waals surface area (Å²) in [5.41, 5.74) is 2.26. The molecule has 1 saturated carbocycles. The molecule has 1 spiro atoms. The Morgan fingerprint density at radius 2 is 1.67 bits per heavy atom. The van der Waals surface area contributed by atoms with E-state index in [-0.39, 0.29) is 23.7 Å². The van der Waals surface area contributed by atoms with E-state index in [4.69, 9.17) is 9.47 Å². The summed E-state index contributed by atoms with van der Waals surface area (Å²) in [6.45, 7) is 3.36. The molecule has 1 aliphatic carbocycles. The first-order valence-corrected chi connectivity index (χ1v) is 10.1. The minimum atomic E-state index is -0.465. The molecule has 2 saturated heterocycles. The zero-order chi connectivity index (χ0) is 18.4. The number of anilines is 1. The van der Waals surface area contributed by atoms with Gasteiger partial charge in [0.15, 0.2) is 5.79 Å². The molecule has 6 heteroatoms. The molecule has 4 aliphatic rings. The third kappa shape index (κ3) is 3.05. The van der Waals surface area contributed by atoms with Gasteiger partial charge in [0, 0.05) is 38.2 Å². The maximum absolute atomic E-state index is 13.0. The molecule has 144 valence electrons. The van der Waals surface area contributed by atoms with Gasteiger partial charge in [0.2, 0.25) is 11.8 Å². The van der Waals surface area contributed by atoms with Gasteiger partial charge >= 0.3 is 0 Å². The van der Waals surface area contributed by atoms with Crippen LogP contribution in [0.5, 0.6) is 0 Å². The van der Waals surface area contributed by atoms with E-state index in [0.29, 0.717) is 32.7 Å². The summed E-state index contributed by atoms with van der Waals surface area (Å²) in [4.78, 5) is 29.7. The summed E-state index contributed by atoms with van der Waals surface area (Å²) in [6.07, 6.45) is 4.15. The molecule has 3 heterocycles. The maximum atomic E-state index is 13.0. The van der Waals surface area contributed by atoms with Crippen molar-refractivity contribution in [3.63, 3.8) is 0 Å². The lowest BCUT2D eigenvalue weighted by Gasteiger charge is -2.37. The Labute approximate surface area is 159 Å². The Balaban J connectivity index is 1.21. The maximum Gasteiger partial charge on any atom is 0.230 e. The van der Waals surface area contributed by atoms with Crippen LogP contribution in [-0.2, 0) is 25.5 Å². The zero-order valence-corrected chi connectivity index (χ0v) is 15.6. The Morgan fingerprint density at radius 1 is 0.963 bits per heavy atom. The van der Waals surface area contributed by atoms with Crippen LogP contribution in [0.25, 0.3) is 0 Å². The molecule has 27 heavy (non-hydrogen) atoms. The number of fused-ring (bicyclic) bond motifs is 1. The van der Waals surface area contributed by atoms with Gasteiger partial charge in [0.05, 0.1) is 25.0 Å². The SMILES string of the molecule is O=C(C1CC1C(=O)N1CCCc2ccccc21)N1CCC2(CC1)OCCO2. The molecule has 3 aliphatic heterocycles. The summed E-state index contributed by atoms with van der Waals surface area (Å²) in [6, 6.07) is 8.13. The lowest BCUT2D eigenvalue weighted by atomic mass is 10.0. The molecule has 2 atom stereocenters. The molecule has 2 amide bonds. The highest BCUT2D eigenvalue weighted by Crippen LogP contribution is 2.44. The zero-order valence-electron chi connectivity index (χ0n) is 15.6. The van der Waals surface area contributed by atoms with E-state index < -0.39 is 5.79 Å². The second kappa shape index (κ2) is 6.60. The summed E-state index contributed by atoms with van der Waals surface area (Å²) in [5, 5.41) is 0. The predicted octanol–water partition coefficient (Wildman–Crippen LogP) is 1.97. The van der Waals surface area contributed by atoms with E-state index in [9.17, 15) is 9.59 Å². The number of benzene rings is 1. The largest absolute Gasteiger partial charge is 0.347 e. The molecule has 0 aromatic heterocycles. The molecule has 1 aromatic carbocycles. The van der Waals surface area contributed by atoms with Crippen molar-refractivity contribution in [2.24, 2.45) is 11.8 Å². The van der Waals surface area contributed by atoms with Gasteiger partial charge < -0.3 is 19.3 Å². The van der Waals surface area contributed by atoms with Crippen LogP contribution in [0, 0.1) is 11.8 Å². The number of hydrogen-bond donors (Lipinski definition) is 0. The first-order chi connectivity index (χ1) is 13.2. The molecular formula is C21H26N2O4. The molecule has 2 unspecified atom stereocenters. The highest BCUT2D eigenvalue weighted by atomic mass is 16.7. The number of carbonyl (C=O) groups is 2. The first kappa shape index (κ1) is 17.2. The van der Waals surface area contributed by atoms with E-state index >= 15 is 0 Å². The summed E-state index contributed by atoms with van der Waals surface area (Å²) in [7, 11) is 0. The van der Waals surface area contributed by atoms with E-state index in [2.05, 4.69) is 6.07 Å². The van der Waals surface area contributed by atoms with Crippen molar-refractivity contribution in [1.82, 2.24) is 4.90 Å². The predicted molar refractivity (Wildman–Crippen MR) is 99.2 cm³/mol. The van der Waals surface area contributed by atoms with Crippen molar-refractivity contribution in [2.45, 2.75) is 37.9 Å². The van der Waals surface area contributed by atoms with E-state index in [1.807, 2.05) is 28.0 Å². The molecule has 3 fully saturated rings. The molecule has 0 radical (unpaired) electrons. The molecular weight excluding hydrogens is 344 g/mol. The van der Waals surface area contributed by atoms with Crippen molar-refractivity contribution < 1.29 is 19.1 Å². The third-order valence-electron chi connectivity index (χ3n) is 6.45. The van der Waals surface area contributed by atoms with Crippen LogP contribution in [0.2, 0.25) is 0 Å². The van der Waals surface area contributed by atoms with Crippen LogP contribution < -0.4 is 4.90 Å². The standard InChI is InChI=1S/C21H26N2O4/c24-19(22-10-7-21(8-11-22)26-12-13-27-21)16-14-17(16)20(25)23-9-3-5-15-4-1-2-6-18(15)23/h1-2,4,6,16-17H,3,5,7-14H2. The van der Waals surface area contributed by atoms with Crippen LogP contribution >= 0.6 is 0 Å². The van der Waals surface area contributed by atoms with Gasteiger partial charge in [-0.25, -0.2) is 0 Å². The average Bonchev–Trinajstić information content (AvgIpc) is 3.40. The second-order valence-electron chi connectivity index (χ2n) is 8.10. The van der Waals surface area contributed by atoms with Gasteiger partial charge in [0.1, 0.15) is 0 Å². The van der Waals surface area contributed by atoms with E-state index in [1.54, 1.807) is 0 Å². The number of amides is 2. The van der Waals surface area contributed by atoms with Crippen molar-refractivity contribution in [3.8, 4) is 0 Å². The van der Waals surface area contributed by atoms with Crippen molar-refractivity contribution in [2.75, 3.05) is 37.7 Å². The second-order valence-corrected chi connectivity index (χ2v) is 8.10. The molecule has 0 bridgehead atoms. The first-order valence-electron chi connectivity index (χ1n) is 10.1. The third-order valence-corrected chi connectivity index (χ3v) is 6.45. The Bertz CT molecular complexity index is 748. The molecule has 0 N–H and O–H groups in total. The normalized spacial score (nSPS) is 28.9. The number of piperidine rings is 1. The lowest BCUT2D eigenvalue weighted by molar-refractivity contribution is -0.187. The Morgan fingerprint density at radius 3 is 2.44 bits per heavy atom. The average molecular weight is 370 g/mol. The quantitative estimate of drug-likeness (QED) is 0.799. The number of ether oxygens (including phenoxy) is 2. The lowest BCUT2D eigenvalue weighted by Crippen LogP contribution is -2.48. The summed E-state index contributed by atoms with van der Waals surface area (Å²) in [5.74, 6) is -0.514. The van der Waals surface area contributed by atoms with Crippen molar-refractivity contribution >= 4 is 17.5 Å². The monoisotopic (exact) mass is 370 g/mol. The topological polar surface area (TPSA) is 59.1 Å². The van der Waals surface area contributed by atoms with Crippen LogP contribution in [0.3, 0.4) is 0 Å². The van der Waals surface area contributed by atoms with E-state index in [0.717, 1.165) is 37.9 Å². The highest BCUT2D eigenvalue weighted by Gasteiger charge is 2.52. The fourth-order valence-electron chi connectivity index (χ4n) is 4.79. The Hall–Kier alpha value is -1.92. The smallest absolute Gasteiger partial charge is 0.230 e. The number of nitrogens with zero attached hydrogens (tertiary/aromatic N) is 2. The summed E-state index contributed by atoms with van der Waals surface area (Å²) < 4.78 is 11.5. The van der Waals surface area contributed by atoms with Gasteiger partial charge in [0.25, 0.3) is 0 Å². The van der Waals surface area contributed by atoms with Crippen LogP contribution in [0.1, 0.15) is 31.2 Å². The number of para-hydroxylation sites is 1. The summed E-state index contributed by atoms with van der Waals surface area (Å²) >= 11 is 0. The van der Waals surface area contributed by atoms with Gasteiger partial charge in [-0.3, -0.25) is 9.59 Å². The number of hydrogen-bond acceptors (Lipinski definition) is 4. The van der Waals surface area contributed by atoms with Gasteiger partial charge in [-0.15, -0.1) is 0 Å². The number of aryl methyl sites for hydroxylation is 1. The molecule has 1 aromatic rings. The fraction of sp³-hybridized carbons (Fsp3) is 0.619. The van der Waals surface area contributed by atoms with Crippen LogP contribution in [0.15, 0.2) is 24.3 Å². The molecule has 5 rings (SSSR count). The minimum Gasteiger partial charge on any atom is -0.347 e. The van der Waals surface area contributed by atoms with Crippen molar-refractivity contribution in [1.29, 1.82) is 0 Å². The van der Waals surface area contributed by atoms with Gasteiger partial charge in [-0.1, -0.05) is 18.2 Å². The van der Waals surface area contributed by atoms with Crippen LogP contribution in [0.4, 0.5) is 5.69 Å². The highest BCUT2D eigenvalue weighted by molar-refractivity contribution is 6.01. The number of carbonyl (C=O) groups excluding carboxylic acids is 2. The van der Waals surface area contributed by atoms with Gasteiger partial charge in [-0.2, -0.15) is 0 Å². The van der Waals surface area contributed by atoms with E-state index in [1.165, 1.54) is 5.56 Å².